The number of nitrogens with one attached hydrogen (secondary N) is 2. The number of carbonyl (C=O) groups excluding carboxylic acids is 2. The van der Waals surface area contributed by atoms with Crippen LogP contribution in [0.15, 0.2) is 30.3 Å². The van der Waals surface area contributed by atoms with Gasteiger partial charge in [0.2, 0.25) is 0 Å². The van der Waals surface area contributed by atoms with Gasteiger partial charge in [-0.3, -0.25) is 15.0 Å². The van der Waals surface area contributed by atoms with Crippen molar-refractivity contribution in [1.82, 2.24) is 10.2 Å². The fourth-order valence-corrected chi connectivity index (χ4v) is 3.43. The number of nitrogens with zero attached hydrogens (tertiary/aromatic N) is 1. The van der Waals surface area contributed by atoms with Gasteiger partial charge in [0.15, 0.2) is 5.78 Å². The number of hydrogen-bond donors (Lipinski definition) is 3. The molecule has 7 heteroatoms. The SMILES string of the molecule is CNC(=O)c1cc(F)c2c(c1)C(=N)N(CC(=O)c1ccc(O)c(C(C)(C)C)c1)C2. The first-order chi connectivity index (χ1) is 13.5. The van der Waals surface area contributed by atoms with Gasteiger partial charge >= 0.3 is 0 Å². The highest BCUT2D eigenvalue weighted by Crippen LogP contribution is 2.32. The lowest BCUT2D eigenvalue weighted by Gasteiger charge is -2.22. The average Bonchev–Trinajstić information content (AvgIpc) is 2.97. The van der Waals surface area contributed by atoms with Crippen molar-refractivity contribution < 1.29 is 19.1 Å². The smallest absolute Gasteiger partial charge is 0.251 e. The first-order valence-corrected chi connectivity index (χ1v) is 9.28. The summed E-state index contributed by atoms with van der Waals surface area (Å²) < 4.78 is 14.5. The van der Waals surface area contributed by atoms with Gasteiger partial charge in [0.1, 0.15) is 17.4 Å². The predicted molar refractivity (Wildman–Crippen MR) is 108 cm³/mol. The number of carbonyl (C=O) groups is 2. The van der Waals surface area contributed by atoms with Gasteiger partial charge in [0.05, 0.1) is 6.54 Å². The molecule has 3 rings (SSSR count). The Labute approximate surface area is 168 Å². The third-order valence-corrected chi connectivity index (χ3v) is 5.07. The van der Waals surface area contributed by atoms with Gasteiger partial charge in [0.25, 0.3) is 5.91 Å². The minimum atomic E-state index is -0.569. The van der Waals surface area contributed by atoms with Gasteiger partial charge in [0, 0.05) is 35.8 Å². The lowest BCUT2D eigenvalue weighted by molar-refractivity contribution is 0.0955. The largest absolute Gasteiger partial charge is 0.508 e. The van der Waals surface area contributed by atoms with Crippen molar-refractivity contribution in [2.45, 2.75) is 32.7 Å². The van der Waals surface area contributed by atoms with Crippen molar-refractivity contribution in [3.05, 3.63) is 64.0 Å². The summed E-state index contributed by atoms with van der Waals surface area (Å²) in [5, 5.41) is 20.9. The molecule has 1 aliphatic heterocycles. The Morgan fingerprint density at radius 3 is 2.52 bits per heavy atom. The highest BCUT2D eigenvalue weighted by Gasteiger charge is 2.30. The fraction of sp³-hybridized carbons (Fsp3) is 0.318. The van der Waals surface area contributed by atoms with Crippen LogP contribution in [-0.4, -0.2) is 41.1 Å². The summed E-state index contributed by atoms with van der Waals surface area (Å²) in [6.45, 7) is 5.81. The van der Waals surface area contributed by atoms with Crippen LogP contribution in [0.25, 0.3) is 0 Å². The minimum absolute atomic E-state index is 0.00725. The van der Waals surface area contributed by atoms with E-state index in [9.17, 15) is 19.1 Å². The van der Waals surface area contributed by atoms with Gasteiger partial charge in [-0.2, -0.15) is 0 Å². The van der Waals surface area contributed by atoms with Crippen LogP contribution in [0.3, 0.4) is 0 Å². The average molecular weight is 397 g/mol. The molecule has 0 radical (unpaired) electrons. The second-order valence-corrected chi connectivity index (χ2v) is 8.17. The Bertz CT molecular complexity index is 1020. The van der Waals surface area contributed by atoms with Crippen LogP contribution >= 0.6 is 0 Å². The molecule has 0 unspecified atom stereocenters. The molecule has 0 saturated heterocycles. The van der Waals surface area contributed by atoms with E-state index in [-0.39, 0.29) is 41.4 Å². The Morgan fingerprint density at radius 2 is 1.90 bits per heavy atom. The number of amidine groups is 1. The van der Waals surface area contributed by atoms with Crippen LogP contribution in [0.4, 0.5) is 4.39 Å². The van der Waals surface area contributed by atoms with E-state index in [0.29, 0.717) is 22.3 Å². The van der Waals surface area contributed by atoms with Crippen LogP contribution in [-0.2, 0) is 12.0 Å². The molecule has 0 aromatic heterocycles. The van der Waals surface area contributed by atoms with Gasteiger partial charge in [-0.05, 0) is 41.3 Å². The Kier molecular flexibility index (Phi) is 5.17. The number of amides is 1. The number of phenolic OH excluding ortho intramolecular Hbond substituents is 1. The van der Waals surface area contributed by atoms with Crippen LogP contribution in [0, 0.1) is 11.2 Å². The van der Waals surface area contributed by atoms with E-state index in [1.54, 1.807) is 12.1 Å². The summed E-state index contributed by atoms with van der Waals surface area (Å²) in [6.07, 6.45) is 0. The van der Waals surface area contributed by atoms with Crippen molar-refractivity contribution in [2.75, 3.05) is 13.6 Å². The van der Waals surface area contributed by atoms with Crippen molar-refractivity contribution in [3.63, 3.8) is 0 Å². The Morgan fingerprint density at radius 1 is 1.21 bits per heavy atom. The maximum Gasteiger partial charge on any atom is 0.251 e. The number of phenols is 1. The zero-order valence-electron chi connectivity index (χ0n) is 16.9. The highest BCUT2D eigenvalue weighted by molar-refractivity contribution is 6.06. The van der Waals surface area contributed by atoms with Crippen molar-refractivity contribution in [2.24, 2.45) is 0 Å². The van der Waals surface area contributed by atoms with Crippen LogP contribution in [0.5, 0.6) is 5.75 Å². The molecule has 6 nitrogen and oxygen atoms in total. The second-order valence-electron chi connectivity index (χ2n) is 8.17. The van der Waals surface area contributed by atoms with Crippen LogP contribution in [0.1, 0.15) is 58.2 Å². The summed E-state index contributed by atoms with van der Waals surface area (Å²) in [4.78, 5) is 26.1. The van der Waals surface area contributed by atoms with Crippen LogP contribution in [0.2, 0.25) is 0 Å². The van der Waals surface area contributed by atoms with Crippen molar-refractivity contribution in [3.8, 4) is 5.75 Å². The van der Waals surface area contributed by atoms with E-state index in [4.69, 9.17) is 5.41 Å². The zero-order chi connectivity index (χ0) is 21.5. The van der Waals surface area contributed by atoms with E-state index in [1.165, 1.54) is 24.1 Å². The number of benzene rings is 2. The Hall–Kier alpha value is -3.22. The maximum atomic E-state index is 14.5. The second kappa shape index (κ2) is 7.31. The third kappa shape index (κ3) is 3.85. The molecule has 0 atom stereocenters. The molecule has 152 valence electrons. The minimum Gasteiger partial charge on any atom is -0.508 e. The molecule has 2 aromatic carbocycles. The molecule has 0 bridgehead atoms. The normalized spacial score (nSPS) is 13.4. The van der Waals surface area contributed by atoms with Gasteiger partial charge in [-0.25, -0.2) is 4.39 Å². The molecule has 1 aliphatic rings. The molecular weight excluding hydrogens is 373 g/mol. The van der Waals surface area contributed by atoms with E-state index >= 15 is 0 Å². The number of hydrogen-bond acceptors (Lipinski definition) is 4. The molecule has 0 spiro atoms. The van der Waals surface area contributed by atoms with E-state index < -0.39 is 11.7 Å². The fourth-order valence-electron chi connectivity index (χ4n) is 3.43. The first-order valence-electron chi connectivity index (χ1n) is 9.28. The molecule has 29 heavy (non-hydrogen) atoms. The lowest BCUT2D eigenvalue weighted by Crippen LogP contribution is -2.30. The molecule has 3 N–H and O–H groups in total. The van der Waals surface area contributed by atoms with Crippen molar-refractivity contribution in [1.29, 1.82) is 5.41 Å². The van der Waals surface area contributed by atoms with E-state index in [2.05, 4.69) is 5.32 Å². The third-order valence-electron chi connectivity index (χ3n) is 5.07. The molecule has 2 aromatic rings. The molecule has 0 saturated carbocycles. The summed E-state index contributed by atoms with van der Waals surface area (Å²) in [6, 6.07) is 7.32. The first kappa shape index (κ1) is 20.5. The highest BCUT2D eigenvalue weighted by atomic mass is 19.1. The van der Waals surface area contributed by atoms with Crippen LogP contribution < -0.4 is 5.32 Å². The van der Waals surface area contributed by atoms with E-state index in [1.807, 2.05) is 20.8 Å². The molecule has 1 amide bonds. The summed E-state index contributed by atoms with van der Waals surface area (Å²) in [5.41, 5.74) is 1.49. The number of rotatable bonds is 4. The predicted octanol–water partition coefficient (Wildman–Crippen LogP) is 3.21. The molecule has 0 aliphatic carbocycles. The Balaban J connectivity index is 1.85. The lowest BCUT2D eigenvalue weighted by atomic mass is 9.85. The number of aromatic hydroxyl groups is 1. The summed E-state index contributed by atoms with van der Waals surface area (Å²) >= 11 is 0. The number of fused-ring (bicyclic) bond motifs is 1. The van der Waals surface area contributed by atoms with Crippen molar-refractivity contribution >= 4 is 17.5 Å². The van der Waals surface area contributed by atoms with Gasteiger partial charge in [-0.1, -0.05) is 20.8 Å². The maximum absolute atomic E-state index is 14.5. The molecule has 1 heterocycles. The summed E-state index contributed by atoms with van der Waals surface area (Å²) in [7, 11) is 1.45. The molecule has 0 fully saturated rings. The van der Waals surface area contributed by atoms with Gasteiger partial charge < -0.3 is 15.3 Å². The van der Waals surface area contributed by atoms with Gasteiger partial charge in [-0.15, -0.1) is 0 Å². The number of ketones is 1. The monoisotopic (exact) mass is 397 g/mol. The topological polar surface area (TPSA) is 93.5 Å². The number of Topliss-reactive ketones (excluding diaryl/α,β-unsaturated/α-hetero) is 1. The van der Waals surface area contributed by atoms with E-state index in [0.717, 1.165) is 6.07 Å². The quantitative estimate of drug-likeness (QED) is 0.691. The zero-order valence-corrected chi connectivity index (χ0v) is 16.9. The summed E-state index contributed by atoms with van der Waals surface area (Å²) in [5.74, 6) is -1.11. The molecular formula is C22H24FN3O3. The number of halogens is 1. The standard InChI is InChI=1S/C22H24FN3O3/c1-22(2,3)16-8-12(5-6-18(16)27)19(28)11-26-10-15-14(20(26)24)7-13(9-17(15)23)21(29)25-4/h5-9,24,27H,10-11H2,1-4H3,(H,25,29).